The fourth-order valence-corrected chi connectivity index (χ4v) is 3.40. The number of pyridine rings is 1. The molecule has 0 bridgehead atoms. The second-order valence-corrected chi connectivity index (χ2v) is 7.50. The highest BCUT2D eigenvalue weighted by atomic mass is 19.1. The van der Waals surface area contributed by atoms with E-state index in [4.69, 9.17) is 9.15 Å². The summed E-state index contributed by atoms with van der Waals surface area (Å²) in [5.41, 5.74) is 0.317. The van der Waals surface area contributed by atoms with E-state index in [9.17, 15) is 14.0 Å². The standard InChI is InChI=1S/C22H24FN7O4/c23-7-2-9-25-20(32)18-16(4-1-8-24-18)28-19(31)17-14-33-22(29-17)30-12-5-15(6-13-30)34-21-26-10-3-11-27-21/h1,3-4,8,10-11,14-15H,2,5-7,9,12-13H2,(H,25,32)(H,28,31). The highest BCUT2D eigenvalue weighted by Crippen LogP contribution is 2.22. The van der Waals surface area contributed by atoms with E-state index >= 15 is 0 Å². The van der Waals surface area contributed by atoms with E-state index in [-0.39, 0.29) is 36.1 Å². The number of amides is 2. The van der Waals surface area contributed by atoms with Gasteiger partial charge in [-0.25, -0.2) is 15.0 Å². The van der Waals surface area contributed by atoms with Crippen LogP contribution in [-0.2, 0) is 0 Å². The molecule has 0 saturated carbocycles. The molecule has 4 heterocycles. The Morgan fingerprint density at radius 2 is 1.88 bits per heavy atom. The van der Waals surface area contributed by atoms with Gasteiger partial charge in [0.1, 0.15) is 12.4 Å². The van der Waals surface area contributed by atoms with Crippen LogP contribution in [0.4, 0.5) is 16.1 Å². The van der Waals surface area contributed by atoms with Crippen molar-refractivity contribution in [1.29, 1.82) is 0 Å². The van der Waals surface area contributed by atoms with Crippen molar-refractivity contribution in [3.8, 4) is 6.01 Å². The van der Waals surface area contributed by atoms with Crippen molar-refractivity contribution >= 4 is 23.5 Å². The lowest BCUT2D eigenvalue weighted by atomic mass is 10.1. The first kappa shape index (κ1) is 23.1. The van der Waals surface area contributed by atoms with Gasteiger partial charge in [0.15, 0.2) is 11.4 Å². The fourth-order valence-electron chi connectivity index (χ4n) is 3.40. The molecular formula is C22H24FN7O4. The number of oxazole rings is 1. The van der Waals surface area contributed by atoms with Crippen molar-refractivity contribution in [1.82, 2.24) is 25.3 Å². The lowest BCUT2D eigenvalue weighted by Gasteiger charge is -2.30. The van der Waals surface area contributed by atoms with Crippen LogP contribution in [0, 0.1) is 0 Å². The van der Waals surface area contributed by atoms with Crippen LogP contribution in [0.5, 0.6) is 6.01 Å². The molecule has 0 atom stereocenters. The highest BCUT2D eigenvalue weighted by molar-refractivity contribution is 6.07. The molecule has 4 rings (SSSR count). The minimum atomic E-state index is -0.541. The minimum Gasteiger partial charge on any atom is -0.460 e. The minimum absolute atomic E-state index is 0.0172. The third-order valence-corrected chi connectivity index (χ3v) is 5.12. The summed E-state index contributed by atoms with van der Waals surface area (Å²) >= 11 is 0. The summed E-state index contributed by atoms with van der Waals surface area (Å²) in [4.78, 5) is 43.4. The lowest BCUT2D eigenvalue weighted by molar-refractivity contribution is 0.0948. The van der Waals surface area contributed by atoms with E-state index in [1.54, 1.807) is 30.6 Å². The molecule has 1 saturated heterocycles. The van der Waals surface area contributed by atoms with Crippen molar-refractivity contribution < 1.29 is 23.1 Å². The Balaban J connectivity index is 1.33. The van der Waals surface area contributed by atoms with Crippen molar-refractivity contribution in [2.75, 3.05) is 36.5 Å². The van der Waals surface area contributed by atoms with Gasteiger partial charge in [0.05, 0.1) is 12.4 Å². The number of hydrogen-bond donors (Lipinski definition) is 2. The average molecular weight is 469 g/mol. The number of ether oxygens (including phenoxy) is 1. The summed E-state index contributed by atoms with van der Waals surface area (Å²) in [5, 5.41) is 5.21. The molecule has 12 heteroatoms. The van der Waals surface area contributed by atoms with Crippen LogP contribution in [0.2, 0.25) is 0 Å². The van der Waals surface area contributed by atoms with Gasteiger partial charge < -0.3 is 24.7 Å². The van der Waals surface area contributed by atoms with Crippen molar-refractivity contribution in [2.24, 2.45) is 0 Å². The van der Waals surface area contributed by atoms with Gasteiger partial charge in [0.2, 0.25) is 0 Å². The van der Waals surface area contributed by atoms with E-state index in [1.165, 1.54) is 12.5 Å². The molecule has 0 aliphatic carbocycles. The monoisotopic (exact) mass is 469 g/mol. The summed E-state index contributed by atoms with van der Waals surface area (Å²) in [6, 6.07) is 5.55. The largest absolute Gasteiger partial charge is 0.460 e. The maximum Gasteiger partial charge on any atom is 0.316 e. The third-order valence-electron chi connectivity index (χ3n) is 5.12. The number of nitrogens with zero attached hydrogens (tertiary/aromatic N) is 5. The number of aromatic nitrogens is 4. The number of nitrogens with one attached hydrogen (secondary N) is 2. The van der Waals surface area contributed by atoms with Crippen LogP contribution in [0.15, 0.2) is 47.5 Å². The lowest BCUT2D eigenvalue weighted by Crippen LogP contribution is -2.38. The van der Waals surface area contributed by atoms with Crippen molar-refractivity contribution in [3.05, 3.63) is 54.4 Å². The first-order valence-corrected chi connectivity index (χ1v) is 10.9. The summed E-state index contributed by atoms with van der Waals surface area (Å²) in [6.45, 7) is 0.897. The zero-order valence-electron chi connectivity index (χ0n) is 18.3. The topological polar surface area (TPSA) is 135 Å². The number of anilines is 2. The van der Waals surface area contributed by atoms with Crippen molar-refractivity contribution in [2.45, 2.75) is 25.4 Å². The van der Waals surface area contributed by atoms with Gasteiger partial charge in [-0.1, -0.05) is 0 Å². The van der Waals surface area contributed by atoms with Crippen LogP contribution >= 0.6 is 0 Å². The first-order valence-electron chi connectivity index (χ1n) is 10.9. The second-order valence-electron chi connectivity index (χ2n) is 7.50. The molecule has 0 aromatic carbocycles. The van der Waals surface area contributed by atoms with Gasteiger partial charge in [-0.05, 0) is 24.6 Å². The Bertz CT molecular complexity index is 1100. The fraction of sp³-hybridized carbons (Fsp3) is 0.364. The number of carbonyl (C=O) groups is 2. The molecule has 3 aromatic rings. The normalized spacial score (nSPS) is 14.0. The molecule has 0 spiro atoms. The zero-order chi connectivity index (χ0) is 23.8. The van der Waals surface area contributed by atoms with Gasteiger partial charge >= 0.3 is 6.01 Å². The molecule has 1 aliphatic rings. The highest BCUT2D eigenvalue weighted by Gasteiger charge is 2.25. The van der Waals surface area contributed by atoms with Gasteiger partial charge in [-0.2, -0.15) is 4.98 Å². The number of piperidine rings is 1. The van der Waals surface area contributed by atoms with E-state index in [0.29, 0.717) is 25.1 Å². The summed E-state index contributed by atoms with van der Waals surface area (Å²) in [5.74, 6) is -1.04. The molecule has 1 fully saturated rings. The zero-order valence-corrected chi connectivity index (χ0v) is 18.3. The van der Waals surface area contributed by atoms with Crippen LogP contribution in [0.3, 0.4) is 0 Å². The average Bonchev–Trinajstić information content (AvgIpc) is 3.36. The molecule has 0 unspecified atom stereocenters. The van der Waals surface area contributed by atoms with E-state index in [1.807, 2.05) is 4.90 Å². The smallest absolute Gasteiger partial charge is 0.316 e. The van der Waals surface area contributed by atoms with Gasteiger partial charge in [0, 0.05) is 51.1 Å². The third kappa shape index (κ3) is 5.82. The molecule has 2 amide bonds. The molecule has 178 valence electrons. The van der Waals surface area contributed by atoms with Crippen LogP contribution < -0.4 is 20.3 Å². The van der Waals surface area contributed by atoms with Crippen molar-refractivity contribution in [3.63, 3.8) is 0 Å². The van der Waals surface area contributed by atoms with Crippen LogP contribution in [0.1, 0.15) is 40.2 Å². The Morgan fingerprint density at radius 1 is 1.12 bits per heavy atom. The maximum absolute atomic E-state index is 12.7. The van der Waals surface area contributed by atoms with Gasteiger partial charge in [-0.15, -0.1) is 0 Å². The molecule has 11 nitrogen and oxygen atoms in total. The summed E-state index contributed by atoms with van der Waals surface area (Å²) < 4.78 is 23.6. The molecule has 2 N–H and O–H groups in total. The van der Waals surface area contributed by atoms with E-state index < -0.39 is 18.5 Å². The van der Waals surface area contributed by atoms with E-state index in [2.05, 4.69) is 30.6 Å². The predicted molar refractivity (Wildman–Crippen MR) is 120 cm³/mol. The Morgan fingerprint density at radius 3 is 2.65 bits per heavy atom. The number of halogens is 1. The molecule has 0 radical (unpaired) electrons. The number of alkyl halides is 1. The second kappa shape index (κ2) is 11.2. The summed E-state index contributed by atoms with van der Waals surface area (Å²) in [7, 11) is 0. The molecule has 3 aromatic heterocycles. The number of rotatable bonds is 9. The Labute approximate surface area is 194 Å². The number of carbonyl (C=O) groups excluding carboxylic acids is 2. The molecule has 1 aliphatic heterocycles. The Hall–Kier alpha value is -4.09. The van der Waals surface area contributed by atoms with Gasteiger partial charge in [-0.3, -0.25) is 14.0 Å². The number of hydrogen-bond acceptors (Lipinski definition) is 9. The summed E-state index contributed by atoms with van der Waals surface area (Å²) in [6.07, 6.45) is 7.59. The quantitative estimate of drug-likeness (QED) is 0.452. The first-order chi connectivity index (χ1) is 16.6. The molecular weight excluding hydrogens is 445 g/mol. The van der Waals surface area contributed by atoms with E-state index in [0.717, 1.165) is 12.8 Å². The maximum atomic E-state index is 12.7. The predicted octanol–water partition coefficient (Wildman–Crippen LogP) is 2.25. The van der Waals surface area contributed by atoms with Crippen LogP contribution in [-0.4, -0.2) is 64.2 Å². The molecule has 34 heavy (non-hydrogen) atoms. The Kier molecular flexibility index (Phi) is 7.58. The van der Waals surface area contributed by atoms with Gasteiger partial charge in [0.25, 0.3) is 17.8 Å². The SMILES string of the molecule is O=C(Nc1cccnc1C(=O)NCCCF)c1coc(N2CCC(Oc3ncccn3)CC2)n1. The van der Waals surface area contributed by atoms with Crippen LogP contribution in [0.25, 0.3) is 0 Å².